The van der Waals surface area contributed by atoms with Gasteiger partial charge in [0.1, 0.15) is 0 Å². The summed E-state index contributed by atoms with van der Waals surface area (Å²) in [5.74, 6) is -0.265. The van der Waals surface area contributed by atoms with E-state index in [2.05, 4.69) is 5.32 Å². The molecule has 106 valence electrons. The first-order chi connectivity index (χ1) is 9.20. The lowest BCUT2D eigenvalue weighted by Gasteiger charge is -2.09. The molecule has 0 saturated heterocycles. The van der Waals surface area contributed by atoms with E-state index in [9.17, 15) is 9.90 Å². The molecule has 19 heavy (non-hydrogen) atoms. The van der Waals surface area contributed by atoms with Crippen LogP contribution >= 0.6 is 0 Å². The van der Waals surface area contributed by atoms with Gasteiger partial charge < -0.3 is 24.6 Å². The van der Waals surface area contributed by atoms with E-state index in [0.717, 1.165) is 0 Å². The minimum absolute atomic E-state index is 0.164. The molecule has 1 aromatic rings. The van der Waals surface area contributed by atoms with Crippen molar-refractivity contribution in [3.8, 4) is 11.5 Å². The summed E-state index contributed by atoms with van der Waals surface area (Å²) >= 11 is 0. The van der Waals surface area contributed by atoms with Crippen molar-refractivity contribution in [2.24, 2.45) is 0 Å². The predicted molar refractivity (Wildman–Crippen MR) is 69.7 cm³/mol. The summed E-state index contributed by atoms with van der Waals surface area (Å²) in [7, 11) is 3.02. The second-order valence-electron chi connectivity index (χ2n) is 3.72. The molecule has 0 aliphatic heterocycles. The number of hydrogen-bond acceptors (Lipinski definition) is 5. The highest BCUT2D eigenvalue weighted by Gasteiger charge is 2.13. The minimum Gasteiger partial charge on any atom is -0.504 e. The highest BCUT2D eigenvalue weighted by atomic mass is 16.5. The molecule has 0 spiro atoms. The van der Waals surface area contributed by atoms with E-state index in [1.807, 2.05) is 0 Å². The van der Waals surface area contributed by atoms with Crippen molar-refractivity contribution < 1.29 is 24.1 Å². The van der Waals surface area contributed by atoms with Gasteiger partial charge in [-0.1, -0.05) is 6.07 Å². The van der Waals surface area contributed by atoms with Gasteiger partial charge in [-0.25, -0.2) is 0 Å². The minimum atomic E-state index is -0.369. The first-order valence-corrected chi connectivity index (χ1v) is 5.91. The lowest BCUT2D eigenvalue weighted by atomic mass is 10.1. The summed E-state index contributed by atoms with van der Waals surface area (Å²) in [6.45, 7) is 1.75. The Hall–Kier alpha value is -1.79. The van der Waals surface area contributed by atoms with Crippen molar-refractivity contribution in [1.82, 2.24) is 5.32 Å². The zero-order chi connectivity index (χ0) is 14.1. The molecule has 0 saturated carbocycles. The first-order valence-electron chi connectivity index (χ1n) is 5.91. The van der Waals surface area contributed by atoms with Crippen LogP contribution in [0.1, 0.15) is 10.4 Å². The van der Waals surface area contributed by atoms with Crippen LogP contribution in [0.5, 0.6) is 11.5 Å². The number of carbonyl (C=O) groups excluding carboxylic acids is 1. The number of benzene rings is 1. The second-order valence-corrected chi connectivity index (χ2v) is 3.72. The van der Waals surface area contributed by atoms with Crippen molar-refractivity contribution in [2.45, 2.75) is 0 Å². The number of phenolic OH excluding ortho intramolecular Hbond substituents is 1. The van der Waals surface area contributed by atoms with Crippen molar-refractivity contribution in [3.05, 3.63) is 23.8 Å². The third kappa shape index (κ3) is 4.76. The molecule has 0 radical (unpaired) electrons. The van der Waals surface area contributed by atoms with Crippen molar-refractivity contribution in [1.29, 1.82) is 0 Å². The van der Waals surface area contributed by atoms with Crippen LogP contribution in [0.15, 0.2) is 18.2 Å². The summed E-state index contributed by atoms with van der Waals surface area (Å²) in [5.41, 5.74) is 0.177. The number of amides is 1. The summed E-state index contributed by atoms with van der Waals surface area (Å²) in [6, 6.07) is 4.75. The van der Waals surface area contributed by atoms with Gasteiger partial charge in [-0.2, -0.15) is 0 Å². The third-order valence-electron chi connectivity index (χ3n) is 2.43. The lowest BCUT2D eigenvalue weighted by Crippen LogP contribution is -2.27. The number of hydrogen-bond donors (Lipinski definition) is 2. The van der Waals surface area contributed by atoms with Crippen LogP contribution < -0.4 is 10.1 Å². The summed E-state index contributed by atoms with van der Waals surface area (Å²) < 4.78 is 15.0. The van der Waals surface area contributed by atoms with Gasteiger partial charge in [0.15, 0.2) is 11.5 Å². The molecule has 6 nitrogen and oxygen atoms in total. The SMILES string of the molecule is COCCOCCNC(=O)c1cccc(OC)c1O. The second kappa shape index (κ2) is 8.34. The molecule has 0 atom stereocenters. The number of para-hydroxylation sites is 1. The third-order valence-corrected chi connectivity index (χ3v) is 2.43. The summed E-state index contributed by atoms with van der Waals surface area (Å²) in [5, 5.41) is 12.4. The van der Waals surface area contributed by atoms with E-state index in [-0.39, 0.29) is 23.0 Å². The Morgan fingerprint density at radius 2 is 2.05 bits per heavy atom. The largest absolute Gasteiger partial charge is 0.504 e. The van der Waals surface area contributed by atoms with E-state index in [1.54, 1.807) is 19.2 Å². The molecule has 2 N–H and O–H groups in total. The Morgan fingerprint density at radius 3 is 2.74 bits per heavy atom. The maximum Gasteiger partial charge on any atom is 0.255 e. The fourth-order valence-electron chi connectivity index (χ4n) is 1.45. The number of nitrogens with one attached hydrogen (secondary N) is 1. The standard InChI is InChI=1S/C13H19NO5/c1-17-8-9-19-7-6-14-13(16)10-4-3-5-11(18-2)12(10)15/h3-5,15H,6-9H2,1-2H3,(H,14,16). The van der Waals surface area contributed by atoms with Crippen LogP contribution in [0, 0.1) is 0 Å². The van der Waals surface area contributed by atoms with Gasteiger partial charge >= 0.3 is 0 Å². The zero-order valence-corrected chi connectivity index (χ0v) is 11.1. The number of phenols is 1. The van der Waals surface area contributed by atoms with Crippen LogP contribution in [-0.4, -0.2) is 51.6 Å². The molecule has 0 unspecified atom stereocenters. The van der Waals surface area contributed by atoms with Crippen LogP contribution in [0.2, 0.25) is 0 Å². The Bertz CT molecular complexity index is 408. The maximum absolute atomic E-state index is 11.8. The van der Waals surface area contributed by atoms with Crippen LogP contribution in [0.3, 0.4) is 0 Å². The molecule has 1 rings (SSSR count). The van der Waals surface area contributed by atoms with Gasteiger partial charge in [-0.05, 0) is 12.1 Å². The van der Waals surface area contributed by atoms with E-state index in [4.69, 9.17) is 14.2 Å². The average Bonchev–Trinajstić information content (AvgIpc) is 2.42. The zero-order valence-electron chi connectivity index (χ0n) is 11.1. The van der Waals surface area contributed by atoms with Gasteiger partial charge in [-0.15, -0.1) is 0 Å². The molecule has 1 amide bonds. The Balaban J connectivity index is 2.41. The molecular weight excluding hydrogens is 250 g/mol. The molecule has 0 aliphatic rings. The van der Waals surface area contributed by atoms with E-state index >= 15 is 0 Å². The van der Waals surface area contributed by atoms with Crippen molar-refractivity contribution >= 4 is 5.91 Å². The Morgan fingerprint density at radius 1 is 1.26 bits per heavy atom. The fraction of sp³-hybridized carbons (Fsp3) is 0.462. The highest BCUT2D eigenvalue weighted by Crippen LogP contribution is 2.28. The van der Waals surface area contributed by atoms with Gasteiger partial charge in [0.25, 0.3) is 5.91 Å². The van der Waals surface area contributed by atoms with E-state index < -0.39 is 0 Å². The molecular formula is C13H19NO5. The highest BCUT2D eigenvalue weighted by molar-refractivity contribution is 5.97. The van der Waals surface area contributed by atoms with Crippen molar-refractivity contribution in [2.75, 3.05) is 40.6 Å². The molecule has 6 heteroatoms. The number of carbonyl (C=O) groups is 1. The molecule has 0 aromatic heterocycles. The number of methoxy groups -OCH3 is 2. The molecule has 0 bridgehead atoms. The number of ether oxygens (including phenoxy) is 3. The fourth-order valence-corrected chi connectivity index (χ4v) is 1.45. The maximum atomic E-state index is 11.8. The lowest BCUT2D eigenvalue weighted by molar-refractivity contribution is 0.0692. The van der Waals surface area contributed by atoms with E-state index in [1.165, 1.54) is 13.2 Å². The number of aromatic hydroxyl groups is 1. The Kier molecular flexibility index (Phi) is 6.70. The Labute approximate surface area is 112 Å². The monoisotopic (exact) mass is 269 g/mol. The van der Waals surface area contributed by atoms with Gasteiger partial charge in [-0.3, -0.25) is 4.79 Å². The van der Waals surface area contributed by atoms with Crippen LogP contribution in [0.25, 0.3) is 0 Å². The normalized spacial score (nSPS) is 10.2. The average molecular weight is 269 g/mol. The van der Waals surface area contributed by atoms with Gasteiger partial charge in [0.2, 0.25) is 0 Å². The molecule has 0 heterocycles. The smallest absolute Gasteiger partial charge is 0.255 e. The first kappa shape index (κ1) is 15.3. The molecule has 0 fully saturated rings. The van der Waals surface area contributed by atoms with Gasteiger partial charge in [0, 0.05) is 13.7 Å². The predicted octanol–water partition coefficient (Wildman–Crippen LogP) is 0.794. The summed E-state index contributed by atoms with van der Waals surface area (Å²) in [6.07, 6.45) is 0. The summed E-state index contributed by atoms with van der Waals surface area (Å²) in [4.78, 5) is 11.8. The van der Waals surface area contributed by atoms with Crippen LogP contribution in [-0.2, 0) is 9.47 Å². The number of rotatable bonds is 8. The molecule has 1 aromatic carbocycles. The quantitative estimate of drug-likeness (QED) is 0.682. The topological polar surface area (TPSA) is 77.0 Å². The van der Waals surface area contributed by atoms with Gasteiger partial charge in [0.05, 0.1) is 32.5 Å². The van der Waals surface area contributed by atoms with Crippen LogP contribution in [0.4, 0.5) is 0 Å². The van der Waals surface area contributed by atoms with E-state index in [0.29, 0.717) is 26.4 Å². The molecule has 0 aliphatic carbocycles. The van der Waals surface area contributed by atoms with Crippen molar-refractivity contribution in [3.63, 3.8) is 0 Å².